The van der Waals surface area contributed by atoms with Crippen molar-refractivity contribution in [2.24, 2.45) is 5.92 Å². The third-order valence-corrected chi connectivity index (χ3v) is 5.14. The molecular formula is C21H24N4O4. The molecule has 29 heavy (non-hydrogen) atoms. The van der Waals surface area contributed by atoms with Crippen LogP contribution in [0.2, 0.25) is 0 Å². The summed E-state index contributed by atoms with van der Waals surface area (Å²) in [6.07, 6.45) is 2.29. The molecule has 0 aliphatic heterocycles. The van der Waals surface area contributed by atoms with Crippen molar-refractivity contribution in [1.82, 2.24) is 14.1 Å². The maximum Gasteiger partial charge on any atom is 0.271 e. The van der Waals surface area contributed by atoms with Crippen molar-refractivity contribution in [1.29, 1.82) is 0 Å². The molecule has 0 unspecified atom stereocenters. The van der Waals surface area contributed by atoms with E-state index in [1.54, 1.807) is 0 Å². The zero-order chi connectivity index (χ0) is 21.3. The minimum atomic E-state index is -0.536. The number of nitro benzene ring substituents is 1. The molecule has 0 N–H and O–H groups in total. The Morgan fingerprint density at radius 2 is 1.97 bits per heavy atom. The van der Waals surface area contributed by atoms with Gasteiger partial charge in [-0.25, -0.2) is 4.98 Å². The Kier molecular flexibility index (Phi) is 5.63. The second-order valence-electron chi connectivity index (χ2n) is 7.68. The average Bonchev–Trinajstić information content (AvgIpc) is 2.95. The van der Waals surface area contributed by atoms with E-state index >= 15 is 0 Å². The van der Waals surface area contributed by atoms with Crippen LogP contribution in [0.1, 0.15) is 42.0 Å². The van der Waals surface area contributed by atoms with Crippen molar-refractivity contribution in [3.05, 3.63) is 68.0 Å². The van der Waals surface area contributed by atoms with E-state index in [-0.39, 0.29) is 28.9 Å². The highest BCUT2D eigenvalue weighted by Crippen LogP contribution is 2.19. The van der Waals surface area contributed by atoms with Crippen LogP contribution in [-0.4, -0.2) is 24.8 Å². The summed E-state index contributed by atoms with van der Waals surface area (Å²) in [5.74, 6) is 0.396. The van der Waals surface area contributed by atoms with Gasteiger partial charge in [-0.15, -0.1) is 0 Å². The highest BCUT2D eigenvalue weighted by atomic mass is 16.6. The Morgan fingerprint density at radius 3 is 2.62 bits per heavy atom. The number of nitro groups is 1. The number of benzene rings is 1. The molecule has 0 aliphatic rings. The average molecular weight is 396 g/mol. The number of rotatable bonds is 7. The molecule has 0 spiro atoms. The lowest BCUT2D eigenvalue weighted by Gasteiger charge is -2.11. The molecule has 0 fully saturated rings. The van der Waals surface area contributed by atoms with Gasteiger partial charge in [-0.3, -0.25) is 24.3 Å². The summed E-state index contributed by atoms with van der Waals surface area (Å²) in [4.78, 5) is 40.1. The summed E-state index contributed by atoms with van der Waals surface area (Å²) < 4.78 is 3.38. The second-order valence-corrected chi connectivity index (χ2v) is 7.68. The number of aryl methyl sites for hydroxylation is 1. The molecule has 0 saturated heterocycles. The van der Waals surface area contributed by atoms with E-state index in [4.69, 9.17) is 0 Å². The van der Waals surface area contributed by atoms with E-state index in [0.717, 1.165) is 24.4 Å². The van der Waals surface area contributed by atoms with Crippen LogP contribution in [0.5, 0.6) is 0 Å². The molecule has 2 heterocycles. The SMILES string of the molecule is Cc1cc(C(=O)Cn2cnc3cc([N+](=O)[O-])ccc3c2=O)c(C)n1CCC(C)C. The zero-order valence-electron chi connectivity index (χ0n) is 17.0. The number of Topliss-reactive ketones (excluding diaryl/α,β-unsaturated/α-hetero) is 1. The van der Waals surface area contributed by atoms with E-state index in [0.29, 0.717) is 11.5 Å². The van der Waals surface area contributed by atoms with Gasteiger partial charge in [0.1, 0.15) is 0 Å². The molecule has 3 aromatic rings. The maximum atomic E-state index is 12.9. The number of nitrogens with zero attached hydrogens (tertiary/aromatic N) is 4. The van der Waals surface area contributed by atoms with E-state index in [1.165, 1.54) is 29.1 Å². The summed E-state index contributed by atoms with van der Waals surface area (Å²) >= 11 is 0. The first-order chi connectivity index (χ1) is 13.7. The van der Waals surface area contributed by atoms with Gasteiger partial charge >= 0.3 is 0 Å². The minimum absolute atomic E-state index is 0.132. The highest BCUT2D eigenvalue weighted by molar-refractivity contribution is 5.97. The lowest BCUT2D eigenvalue weighted by atomic mass is 10.1. The molecule has 152 valence electrons. The largest absolute Gasteiger partial charge is 0.348 e. The van der Waals surface area contributed by atoms with Crippen LogP contribution in [0.3, 0.4) is 0 Å². The van der Waals surface area contributed by atoms with E-state index in [2.05, 4.69) is 23.4 Å². The Labute approximate surface area is 167 Å². The topological polar surface area (TPSA) is 100 Å². The smallest absolute Gasteiger partial charge is 0.271 e. The molecule has 2 aromatic heterocycles. The van der Waals surface area contributed by atoms with Crippen molar-refractivity contribution < 1.29 is 9.72 Å². The summed E-state index contributed by atoms with van der Waals surface area (Å²) in [5.41, 5.74) is 2.22. The third-order valence-electron chi connectivity index (χ3n) is 5.14. The predicted molar refractivity (Wildman–Crippen MR) is 110 cm³/mol. The van der Waals surface area contributed by atoms with E-state index < -0.39 is 10.5 Å². The van der Waals surface area contributed by atoms with Gasteiger partial charge in [0.05, 0.1) is 28.7 Å². The van der Waals surface area contributed by atoms with Crippen LogP contribution in [0.15, 0.2) is 35.4 Å². The van der Waals surface area contributed by atoms with Gasteiger partial charge in [0, 0.05) is 35.6 Å². The fourth-order valence-corrected chi connectivity index (χ4v) is 3.43. The summed E-state index contributed by atoms with van der Waals surface area (Å²) in [6, 6.07) is 5.76. The van der Waals surface area contributed by atoms with Crippen LogP contribution in [0.25, 0.3) is 10.9 Å². The second kappa shape index (κ2) is 7.98. The Bertz CT molecular complexity index is 1160. The lowest BCUT2D eigenvalue weighted by Crippen LogP contribution is -2.25. The fraction of sp³-hybridized carbons (Fsp3) is 0.381. The van der Waals surface area contributed by atoms with Crippen molar-refractivity contribution in [2.75, 3.05) is 0 Å². The lowest BCUT2D eigenvalue weighted by molar-refractivity contribution is -0.384. The number of non-ortho nitro benzene ring substituents is 1. The minimum Gasteiger partial charge on any atom is -0.348 e. The first-order valence-corrected chi connectivity index (χ1v) is 9.52. The van der Waals surface area contributed by atoms with Crippen molar-refractivity contribution in [3.8, 4) is 0 Å². The molecule has 0 atom stereocenters. The summed E-state index contributed by atoms with van der Waals surface area (Å²) in [6.45, 7) is 8.93. The number of ketones is 1. The Balaban J connectivity index is 1.89. The zero-order valence-corrected chi connectivity index (χ0v) is 17.0. The van der Waals surface area contributed by atoms with Crippen LogP contribution < -0.4 is 5.56 Å². The van der Waals surface area contributed by atoms with Crippen LogP contribution in [0, 0.1) is 29.9 Å². The number of carbonyl (C=O) groups excluding carboxylic acids is 1. The van der Waals surface area contributed by atoms with Gasteiger partial charge in [-0.2, -0.15) is 0 Å². The highest BCUT2D eigenvalue weighted by Gasteiger charge is 2.18. The molecule has 8 heteroatoms. The van der Waals surface area contributed by atoms with Gasteiger partial charge < -0.3 is 4.57 Å². The molecular weight excluding hydrogens is 372 g/mol. The first kappa shape index (κ1) is 20.4. The molecule has 1 aromatic carbocycles. The van der Waals surface area contributed by atoms with Gasteiger partial charge in [0.25, 0.3) is 11.2 Å². The van der Waals surface area contributed by atoms with E-state index in [1.807, 2.05) is 19.9 Å². The third kappa shape index (κ3) is 4.11. The van der Waals surface area contributed by atoms with Crippen LogP contribution >= 0.6 is 0 Å². The van der Waals surface area contributed by atoms with Gasteiger partial charge in [-0.05, 0) is 38.3 Å². The molecule has 8 nitrogen and oxygen atoms in total. The van der Waals surface area contributed by atoms with Gasteiger partial charge in [-0.1, -0.05) is 13.8 Å². The number of hydrogen-bond donors (Lipinski definition) is 0. The number of hydrogen-bond acceptors (Lipinski definition) is 5. The quantitative estimate of drug-likeness (QED) is 0.345. The Hall–Kier alpha value is -3.29. The van der Waals surface area contributed by atoms with Crippen LogP contribution in [0.4, 0.5) is 5.69 Å². The molecule has 3 rings (SSSR count). The molecule has 0 amide bonds. The van der Waals surface area contributed by atoms with E-state index in [9.17, 15) is 19.7 Å². The monoisotopic (exact) mass is 396 g/mol. The normalized spacial score (nSPS) is 11.3. The van der Waals surface area contributed by atoms with Gasteiger partial charge in [0.2, 0.25) is 0 Å². The Morgan fingerprint density at radius 1 is 1.24 bits per heavy atom. The summed E-state index contributed by atoms with van der Waals surface area (Å²) in [7, 11) is 0. The van der Waals surface area contributed by atoms with Crippen molar-refractivity contribution in [2.45, 2.75) is 47.2 Å². The number of fused-ring (bicyclic) bond motifs is 1. The first-order valence-electron chi connectivity index (χ1n) is 9.52. The molecule has 0 saturated carbocycles. The molecule has 0 radical (unpaired) electrons. The molecule has 0 aliphatic carbocycles. The fourth-order valence-electron chi connectivity index (χ4n) is 3.43. The maximum absolute atomic E-state index is 12.9. The summed E-state index contributed by atoms with van der Waals surface area (Å²) in [5, 5.41) is 11.1. The number of aromatic nitrogens is 3. The van der Waals surface area contributed by atoms with Crippen molar-refractivity contribution >= 4 is 22.4 Å². The standard InChI is InChI=1S/C21H24N4O4/c1-13(2)7-8-24-14(3)9-18(15(24)4)20(26)11-23-12-22-19-10-16(25(28)29)5-6-17(19)21(23)27/h5-6,9-10,12-13H,7-8,11H2,1-4H3. The van der Waals surface area contributed by atoms with Crippen LogP contribution in [-0.2, 0) is 13.1 Å². The predicted octanol–water partition coefficient (Wildman–Crippen LogP) is 3.65. The van der Waals surface area contributed by atoms with Gasteiger partial charge in [0.15, 0.2) is 5.78 Å². The van der Waals surface area contributed by atoms with Crippen molar-refractivity contribution in [3.63, 3.8) is 0 Å². The molecule has 0 bridgehead atoms. The number of carbonyl (C=O) groups is 1.